The van der Waals surface area contributed by atoms with Crippen molar-refractivity contribution in [2.75, 3.05) is 0 Å². The molecule has 0 spiro atoms. The second-order valence-corrected chi connectivity index (χ2v) is 2.80. The first-order valence-corrected chi connectivity index (χ1v) is 4.05. The number of rotatable bonds is 2. The monoisotopic (exact) mass is 206 g/mol. The van der Waals surface area contributed by atoms with E-state index in [1.165, 1.54) is 18.3 Å². The number of nitrogens with one attached hydrogen (secondary N) is 1. The van der Waals surface area contributed by atoms with Crippen molar-refractivity contribution in [1.29, 1.82) is 0 Å². The van der Waals surface area contributed by atoms with Gasteiger partial charge in [-0.1, -0.05) is 0 Å². The molecule has 0 atom stereocenters. The number of hydrogen-bond donors (Lipinski definition) is 2. The Labute approximate surface area is 82.9 Å². The van der Waals surface area contributed by atoms with Crippen LogP contribution in [0.5, 0.6) is 0 Å². The van der Waals surface area contributed by atoms with Crippen molar-refractivity contribution in [3.05, 3.63) is 34.5 Å². The van der Waals surface area contributed by atoms with Gasteiger partial charge >= 0.3 is 11.7 Å². The molecular formula is C9H6N2O4. The minimum absolute atomic E-state index is 0.299. The van der Waals surface area contributed by atoms with E-state index >= 15 is 0 Å². The molecule has 0 unspecified atom stereocenters. The molecule has 2 N–H and O–H groups in total. The molecule has 0 aliphatic carbocycles. The van der Waals surface area contributed by atoms with Crippen molar-refractivity contribution in [3.63, 3.8) is 0 Å². The van der Waals surface area contributed by atoms with Gasteiger partial charge in [-0.2, -0.15) is 0 Å². The Morgan fingerprint density at radius 3 is 3.13 bits per heavy atom. The lowest BCUT2D eigenvalue weighted by molar-refractivity contribution is -0.131. The van der Waals surface area contributed by atoms with Gasteiger partial charge in [0, 0.05) is 12.3 Å². The van der Waals surface area contributed by atoms with Crippen molar-refractivity contribution >= 4 is 23.3 Å². The van der Waals surface area contributed by atoms with E-state index in [0.29, 0.717) is 16.8 Å². The van der Waals surface area contributed by atoms with Crippen LogP contribution in [0.1, 0.15) is 5.56 Å². The van der Waals surface area contributed by atoms with Gasteiger partial charge in [-0.3, -0.25) is 4.98 Å². The van der Waals surface area contributed by atoms with Gasteiger partial charge in [0.25, 0.3) is 0 Å². The summed E-state index contributed by atoms with van der Waals surface area (Å²) in [6, 6.07) is 1.53. The maximum atomic E-state index is 10.8. The van der Waals surface area contributed by atoms with E-state index in [4.69, 9.17) is 9.52 Å². The van der Waals surface area contributed by atoms with Crippen LogP contribution in [0.25, 0.3) is 17.3 Å². The van der Waals surface area contributed by atoms with Crippen LogP contribution in [0.3, 0.4) is 0 Å². The molecule has 2 rings (SSSR count). The van der Waals surface area contributed by atoms with Gasteiger partial charge < -0.3 is 9.52 Å². The van der Waals surface area contributed by atoms with Crippen LogP contribution in [-0.4, -0.2) is 21.0 Å². The normalized spacial score (nSPS) is 11.2. The summed E-state index contributed by atoms with van der Waals surface area (Å²) in [7, 11) is 0. The molecule has 0 bridgehead atoms. The molecule has 76 valence electrons. The molecule has 0 saturated heterocycles. The number of nitrogens with zero attached hydrogens (tertiary/aromatic N) is 1. The molecular weight excluding hydrogens is 200 g/mol. The van der Waals surface area contributed by atoms with Crippen LogP contribution < -0.4 is 5.76 Å². The van der Waals surface area contributed by atoms with Crippen LogP contribution in [0.2, 0.25) is 0 Å². The molecule has 0 fully saturated rings. The zero-order valence-corrected chi connectivity index (χ0v) is 7.43. The largest absolute Gasteiger partial charge is 0.478 e. The van der Waals surface area contributed by atoms with E-state index in [9.17, 15) is 9.59 Å². The average molecular weight is 206 g/mol. The molecule has 0 amide bonds. The molecule has 6 heteroatoms. The third kappa shape index (κ3) is 1.93. The number of carboxylic acids is 1. The lowest BCUT2D eigenvalue weighted by Gasteiger charge is -1.90. The SMILES string of the molecule is O=C(O)C=Cc1cnc2[nH]c(=O)oc2c1. The number of pyridine rings is 1. The summed E-state index contributed by atoms with van der Waals surface area (Å²) < 4.78 is 4.76. The molecule has 15 heavy (non-hydrogen) atoms. The summed E-state index contributed by atoms with van der Waals surface area (Å²) in [5.41, 5.74) is 1.19. The minimum Gasteiger partial charge on any atom is -0.478 e. The zero-order valence-electron chi connectivity index (χ0n) is 7.43. The summed E-state index contributed by atoms with van der Waals surface area (Å²) in [6.07, 6.45) is 3.78. The fourth-order valence-corrected chi connectivity index (χ4v) is 1.11. The molecule has 2 aromatic rings. The fourth-order valence-electron chi connectivity index (χ4n) is 1.11. The van der Waals surface area contributed by atoms with Gasteiger partial charge in [-0.25, -0.2) is 14.6 Å². The third-order valence-corrected chi connectivity index (χ3v) is 1.72. The van der Waals surface area contributed by atoms with Crippen molar-refractivity contribution in [1.82, 2.24) is 9.97 Å². The fraction of sp³-hybridized carbons (Fsp3) is 0. The maximum Gasteiger partial charge on any atom is 0.418 e. The molecule has 0 aromatic carbocycles. The summed E-state index contributed by atoms with van der Waals surface area (Å²) in [5, 5.41) is 8.41. The Morgan fingerprint density at radius 1 is 1.60 bits per heavy atom. The van der Waals surface area contributed by atoms with E-state index in [2.05, 4.69) is 9.97 Å². The summed E-state index contributed by atoms with van der Waals surface area (Å²) >= 11 is 0. The lowest BCUT2D eigenvalue weighted by atomic mass is 10.2. The van der Waals surface area contributed by atoms with Gasteiger partial charge in [0.15, 0.2) is 11.2 Å². The van der Waals surface area contributed by atoms with Crippen LogP contribution in [0.15, 0.2) is 27.6 Å². The van der Waals surface area contributed by atoms with Crippen molar-refractivity contribution < 1.29 is 14.3 Å². The molecule has 0 radical (unpaired) electrons. The predicted octanol–water partition coefficient (Wildman–Crippen LogP) is 0.614. The number of carbonyl (C=O) groups is 1. The summed E-state index contributed by atoms with van der Waals surface area (Å²) in [4.78, 5) is 27.3. The number of carboxylic acid groups (broad SMARTS) is 1. The van der Waals surface area contributed by atoms with Crippen LogP contribution in [0.4, 0.5) is 0 Å². The first kappa shape index (κ1) is 9.20. The molecule has 0 aliphatic heterocycles. The third-order valence-electron chi connectivity index (χ3n) is 1.72. The number of fused-ring (bicyclic) bond motifs is 1. The number of aromatic nitrogens is 2. The van der Waals surface area contributed by atoms with Gasteiger partial charge in [0.1, 0.15) is 0 Å². The van der Waals surface area contributed by atoms with Crippen LogP contribution in [0, 0.1) is 0 Å². The lowest BCUT2D eigenvalue weighted by Crippen LogP contribution is -1.93. The van der Waals surface area contributed by atoms with E-state index in [0.717, 1.165) is 6.08 Å². The first-order valence-electron chi connectivity index (χ1n) is 4.05. The molecule has 6 nitrogen and oxygen atoms in total. The highest BCUT2D eigenvalue weighted by Gasteiger charge is 2.01. The Bertz CT molecular complexity index is 593. The van der Waals surface area contributed by atoms with E-state index in [1.807, 2.05) is 0 Å². The topological polar surface area (TPSA) is 96.2 Å². The highest BCUT2D eigenvalue weighted by atomic mass is 16.4. The van der Waals surface area contributed by atoms with Gasteiger partial charge in [-0.05, 0) is 17.7 Å². The highest BCUT2D eigenvalue weighted by Crippen LogP contribution is 2.10. The van der Waals surface area contributed by atoms with Gasteiger partial charge in [0.05, 0.1) is 0 Å². The number of aliphatic carboxylic acids is 1. The van der Waals surface area contributed by atoms with E-state index in [-0.39, 0.29) is 0 Å². The molecule has 2 heterocycles. The second kappa shape index (κ2) is 3.41. The first-order chi connectivity index (χ1) is 7.15. The Kier molecular flexibility index (Phi) is 2.09. The highest BCUT2D eigenvalue weighted by molar-refractivity contribution is 5.85. The van der Waals surface area contributed by atoms with Crippen molar-refractivity contribution in [2.24, 2.45) is 0 Å². The molecule has 0 aliphatic rings. The minimum atomic E-state index is -1.05. The Balaban J connectivity index is 2.46. The smallest absolute Gasteiger partial charge is 0.418 e. The van der Waals surface area contributed by atoms with Gasteiger partial charge in [-0.15, -0.1) is 0 Å². The van der Waals surface area contributed by atoms with Crippen LogP contribution in [-0.2, 0) is 4.79 Å². The Morgan fingerprint density at radius 2 is 2.40 bits per heavy atom. The van der Waals surface area contributed by atoms with E-state index < -0.39 is 11.7 Å². The standard InChI is InChI=1S/C9H6N2O4/c12-7(13)2-1-5-3-6-8(10-4-5)11-9(14)15-6/h1-4H,(H,12,13)(H,10,11,14). The summed E-state index contributed by atoms with van der Waals surface area (Å²) in [5.74, 6) is -1.64. The number of aromatic amines is 1. The van der Waals surface area contributed by atoms with Crippen LogP contribution >= 0.6 is 0 Å². The quantitative estimate of drug-likeness (QED) is 0.702. The average Bonchev–Trinajstić information content (AvgIpc) is 2.53. The van der Waals surface area contributed by atoms with Crippen molar-refractivity contribution in [2.45, 2.75) is 0 Å². The number of H-pyrrole nitrogens is 1. The van der Waals surface area contributed by atoms with E-state index in [1.54, 1.807) is 0 Å². The molecule has 0 saturated carbocycles. The number of hydrogen-bond acceptors (Lipinski definition) is 4. The van der Waals surface area contributed by atoms with Crippen molar-refractivity contribution in [3.8, 4) is 0 Å². The summed E-state index contributed by atoms with van der Waals surface area (Å²) in [6.45, 7) is 0. The maximum absolute atomic E-state index is 10.8. The van der Waals surface area contributed by atoms with Gasteiger partial charge in [0.2, 0.25) is 0 Å². The Hall–Kier alpha value is -2.37. The number of oxazole rings is 1. The second-order valence-electron chi connectivity index (χ2n) is 2.80. The predicted molar refractivity (Wildman–Crippen MR) is 51.3 cm³/mol. The molecule has 2 aromatic heterocycles. The zero-order chi connectivity index (χ0) is 10.8.